The Kier molecular flexibility index (Phi) is 6.57. The lowest BCUT2D eigenvalue weighted by Crippen LogP contribution is -2.24. The van der Waals surface area contributed by atoms with Crippen molar-refractivity contribution in [2.45, 2.75) is 58.4 Å². The number of halogens is 2. The fraction of sp³-hybridized carbons (Fsp3) is 0.647. The second-order valence-corrected chi connectivity index (χ2v) is 7.68. The van der Waals surface area contributed by atoms with Crippen LogP contribution in [0.1, 0.15) is 62.6 Å². The third-order valence-corrected chi connectivity index (χ3v) is 5.94. The molecule has 0 amide bonds. The van der Waals surface area contributed by atoms with Gasteiger partial charge < -0.3 is 5.32 Å². The SMILES string of the molecule is CCNC(CC1CCCCC1)c1cc(Br)c(C)cc1Br. The van der Waals surface area contributed by atoms with Crippen LogP contribution in [-0.4, -0.2) is 6.54 Å². The molecule has 1 saturated carbocycles. The second kappa shape index (κ2) is 7.95. The second-order valence-electron chi connectivity index (χ2n) is 5.97. The predicted octanol–water partition coefficient (Wildman–Crippen LogP) is 6.14. The van der Waals surface area contributed by atoms with E-state index in [2.05, 4.69) is 63.2 Å². The molecule has 20 heavy (non-hydrogen) atoms. The van der Waals surface area contributed by atoms with Crippen LogP contribution in [-0.2, 0) is 0 Å². The van der Waals surface area contributed by atoms with E-state index < -0.39 is 0 Å². The van der Waals surface area contributed by atoms with Gasteiger partial charge in [0.05, 0.1) is 0 Å². The van der Waals surface area contributed by atoms with Gasteiger partial charge in [-0.1, -0.05) is 70.9 Å². The number of hydrogen-bond donors (Lipinski definition) is 1. The van der Waals surface area contributed by atoms with Crippen LogP contribution in [0.3, 0.4) is 0 Å². The molecule has 1 N–H and O–H groups in total. The van der Waals surface area contributed by atoms with E-state index in [0.717, 1.165) is 12.5 Å². The molecule has 0 aliphatic heterocycles. The molecule has 1 aliphatic carbocycles. The lowest BCUT2D eigenvalue weighted by Gasteiger charge is -2.28. The Balaban J connectivity index is 2.16. The maximum atomic E-state index is 3.76. The summed E-state index contributed by atoms with van der Waals surface area (Å²) in [6.07, 6.45) is 8.35. The van der Waals surface area contributed by atoms with Crippen LogP contribution in [0.5, 0.6) is 0 Å². The van der Waals surface area contributed by atoms with Gasteiger partial charge in [0.2, 0.25) is 0 Å². The molecule has 2 rings (SSSR count). The Morgan fingerprint density at radius 3 is 2.50 bits per heavy atom. The molecule has 1 nitrogen and oxygen atoms in total. The summed E-state index contributed by atoms with van der Waals surface area (Å²) in [6.45, 7) is 5.36. The topological polar surface area (TPSA) is 12.0 Å². The average Bonchev–Trinajstić information content (AvgIpc) is 2.44. The van der Waals surface area contributed by atoms with Crippen molar-refractivity contribution in [3.8, 4) is 0 Å². The normalized spacial score (nSPS) is 18.2. The molecule has 0 spiro atoms. The molecule has 1 fully saturated rings. The van der Waals surface area contributed by atoms with E-state index in [9.17, 15) is 0 Å². The van der Waals surface area contributed by atoms with Gasteiger partial charge in [0.25, 0.3) is 0 Å². The lowest BCUT2D eigenvalue weighted by atomic mass is 9.83. The Hall–Kier alpha value is 0.140. The van der Waals surface area contributed by atoms with Crippen LogP contribution in [0, 0.1) is 12.8 Å². The van der Waals surface area contributed by atoms with Crippen molar-refractivity contribution in [2.75, 3.05) is 6.54 Å². The molecule has 1 aromatic carbocycles. The monoisotopic (exact) mass is 401 g/mol. The summed E-state index contributed by atoms with van der Waals surface area (Å²) in [5, 5.41) is 3.68. The highest BCUT2D eigenvalue weighted by atomic mass is 79.9. The minimum atomic E-state index is 0.467. The quantitative estimate of drug-likeness (QED) is 0.623. The lowest BCUT2D eigenvalue weighted by molar-refractivity contribution is 0.301. The number of hydrogen-bond acceptors (Lipinski definition) is 1. The molecule has 1 aromatic rings. The summed E-state index contributed by atoms with van der Waals surface area (Å²) in [4.78, 5) is 0. The van der Waals surface area contributed by atoms with Gasteiger partial charge in [0.1, 0.15) is 0 Å². The first kappa shape index (κ1) is 16.5. The molecule has 112 valence electrons. The van der Waals surface area contributed by atoms with Gasteiger partial charge in [0, 0.05) is 15.0 Å². The summed E-state index contributed by atoms with van der Waals surface area (Å²) >= 11 is 7.43. The third kappa shape index (κ3) is 4.32. The first-order chi connectivity index (χ1) is 9.61. The van der Waals surface area contributed by atoms with Gasteiger partial charge >= 0.3 is 0 Å². The molecule has 0 aromatic heterocycles. The van der Waals surface area contributed by atoms with Crippen LogP contribution in [0.15, 0.2) is 21.1 Å². The van der Waals surface area contributed by atoms with Crippen molar-refractivity contribution in [3.63, 3.8) is 0 Å². The maximum absolute atomic E-state index is 3.76. The van der Waals surface area contributed by atoms with Crippen molar-refractivity contribution in [1.29, 1.82) is 0 Å². The number of rotatable bonds is 5. The maximum Gasteiger partial charge on any atom is 0.0334 e. The summed E-state index contributed by atoms with van der Waals surface area (Å²) < 4.78 is 2.45. The zero-order valence-corrected chi connectivity index (χ0v) is 15.7. The molecule has 1 atom stereocenters. The van der Waals surface area contributed by atoms with E-state index in [4.69, 9.17) is 0 Å². The Labute approximate surface area is 140 Å². The van der Waals surface area contributed by atoms with E-state index >= 15 is 0 Å². The van der Waals surface area contributed by atoms with Crippen molar-refractivity contribution in [2.24, 2.45) is 5.92 Å². The van der Waals surface area contributed by atoms with Gasteiger partial charge in [-0.3, -0.25) is 0 Å². The highest BCUT2D eigenvalue weighted by Crippen LogP contribution is 2.36. The number of aryl methyl sites for hydroxylation is 1. The fourth-order valence-corrected chi connectivity index (χ4v) is 4.35. The van der Waals surface area contributed by atoms with Crippen LogP contribution in [0.4, 0.5) is 0 Å². The first-order valence-corrected chi connectivity index (χ1v) is 9.39. The van der Waals surface area contributed by atoms with Crippen molar-refractivity contribution >= 4 is 31.9 Å². The van der Waals surface area contributed by atoms with Gasteiger partial charge in [-0.25, -0.2) is 0 Å². The molecule has 0 saturated heterocycles. The smallest absolute Gasteiger partial charge is 0.0334 e. The molecular formula is C17H25Br2N. The van der Waals surface area contributed by atoms with Crippen LogP contribution < -0.4 is 5.32 Å². The number of benzene rings is 1. The van der Waals surface area contributed by atoms with E-state index in [1.165, 1.54) is 58.6 Å². The summed E-state index contributed by atoms with van der Waals surface area (Å²) in [5.41, 5.74) is 2.68. The van der Waals surface area contributed by atoms with Crippen LogP contribution in [0.25, 0.3) is 0 Å². The van der Waals surface area contributed by atoms with Crippen LogP contribution in [0.2, 0.25) is 0 Å². The molecule has 0 heterocycles. The summed E-state index contributed by atoms with van der Waals surface area (Å²) in [7, 11) is 0. The Morgan fingerprint density at radius 1 is 1.15 bits per heavy atom. The van der Waals surface area contributed by atoms with Crippen LogP contribution >= 0.6 is 31.9 Å². The Morgan fingerprint density at radius 2 is 1.85 bits per heavy atom. The molecule has 3 heteroatoms. The van der Waals surface area contributed by atoms with Gasteiger partial charge in [-0.2, -0.15) is 0 Å². The van der Waals surface area contributed by atoms with Crippen molar-refractivity contribution in [3.05, 3.63) is 32.2 Å². The number of nitrogens with one attached hydrogen (secondary N) is 1. The van der Waals surface area contributed by atoms with E-state index in [1.54, 1.807) is 0 Å². The van der Waals surface area contributed by atoms with Crippen molar-refractivity contribution in [1.82, 2.24) is 5.32 Å². The fourth-order valence-electron chi connectivity index (χ4n) is 3.25. The van der Waals surface area contributed by atoms with Gasteiger partial charge in [-0.05, 0) is 49.1 Å². The minimum absolute atomic E-state index is 0.467. The van der Waals surface area contributed by atoms with Gasteiger partial charge in [0.15, 0.2) is 0 Å². The molecule has 0 radical (unpaired) electrons. The largest absolute Gasteiger partial charge is 0.310 e. The zero-order chi connectivity index (χ0) is 14.5. The van der Waals surface area contributed by atoms with E-state index in [-0.39, 0.29) is 0 Å². The Bertz CT molecular complexity index is 439. The highest BCUT2D eigenvalue weighted by molar-refractivity contribution is 9.11. The first-order valence-electron chi connectivity index (χ1n) is 7.80. The molecule has 0 bridgehead atoms. The van der Waals surface area contributed by atoms with E-state index in [0.29, 0.717) is 6.04 Å². The molecule has 1 aliphatic rings. The standard InChI is InChI=1S/C17H25Br2N/c1-3-20-17(10-13-7-5-4-6-8-13)14-11-15(18)12(2)9-16(14)19/h9,11,13,17,20H,3-8,10H2,1-2H3. The summed E-state index contributed by atoms with van der Waals surface area (Å²) in [5.74, 6) is 0.889. The molecule has 1 unspecified atom stereocenters. The summed E-state index contributed by atoms with van der Waals surface area (Å²) in [6, 6.07) is 4.98. The van der Waals surface area contributed by atoms with Crippen molar-refractivity contribution < 1.29 is 0 Å². The zero-order valence-electron chi connectivity index (χ0n) is 12.5. The van der Waals surface area contributed by atoms with Gasteiger partial charge in [-0.15, -0.1) is 0 Å². The third-order valence-electron chi connectivity index (χ3n) is 4.40. The minimum Gasteiger partial charge on any atom is -0.310 e. The highest BCUT2D eigenvalue weighted by Gasteiger charge is 2.21. The predicted molar refractivity (Wildman–Crippen MR) is 94.2 cm³/mol. The van der Waals surface area contributed by atoms with E-state index in [1.807, 2.05) is 0 Å². The average molecular weight is 403 g/mol. The molecular weight excluding hydrogens is 378 g/mol.